The monoisotopic (exact) mass is 362 g/mol. The SMILES string of the molecule is Cc1ccc(C(CNc2ncnc3ccc(C)cc23)N2CCOCC2)cc1. The van der Waals surface area contributed by atoms with Crippen molar-refractivity contribution in [1.82, 2.24) is 14.9 Å². The minimum atomic E-state index is 0.282. The highest BCUT2D eigenvalue weighted by molar-refractivity contribution is 5.89. The summed E-state index contributed by atoms with van der Waals surface area (Å²) in [6.07, 6.45) is 1.63. The van der Waals surface area contributed by atoms with Crippen LogP contribution in [0, 0.1) is 13.8 Å². The van der Waals surface area contributed by atoms with Gasteiger partial charge in [0, 0.05) is 25.0 Å². The number of anilines is 1. The van der Waals surface area contributed by atoms with E-state index in [4.69, 9.17) is 4.74 Å². The van der Waals surface area contributed by atoms with Gasteiger partial charge in [-0.15, -0.1) is 0 Å². The van der Waals surface area contributed by atoms with E-state index in [1.54, 1.807) is 6.33 Å². The average Bonchev–Trinajstić information content (AvgIpc) is 2.70. The first-order valence-corrected chi connectivity index (χ1v) is 9.54. The summed E-state index contributed by atoms with van der Waals surface area (Å²) in [7, 11) is 0. The first-order chi connectivity index (χ1) is 13.2. The summed E-state index contributed by atoms with van der Waals surface area (Å²) in [5, 5.41) is 4.66. The molecule has 0 aliphatic carbocycles. The summed E-state index contributed by atoms with van der Waals surface area (Å²) < 4.78 is 5.56. The Morgan fingerprint density at radius 3 is 2.52 bits per heavy atom. The molecule has 1 aliphatic heterocycles. The molecular weight excluding hydrogens is 336 g/mol. The zero-order valence-electron chi connectivity index (χ0n) is 16.0. The van der Waals surface area contributed by atoms with E-state index in [1.165, 1.54) is 16.7 Å². The zero-order chi connectivity index (χ0) is 18.6. The molecule has 140 valence electrons. The molecule has 1 aliphatic rings. The van der Waals surface area contributed by atoms with E-state index in [0.29, 0.717) is 0 Å². The highest BCUT2D eigenvalue weighted by Gasteiger charge is 2.23. The van der Waals surface area contributed by atoms with Crippen LogP contribution in [0.3, 0.4) is 0 Å². The van der Waals surface area contributed by atoms with E-state index < -0.39 is 0 Å². The number of hydrogen-bond donors (Lipinski definition) is 1. The molecule has 1 saturated heterocycles. The summed E-state index contributed by atoms with van der Waals surface area (Å²) in [6.45, 7) is 8.49. The van der Waals surface area contributed by atoms with Crippen molar-refractivity contribution in [3.05, 3.63) is 65.5 Å². The smallest absolute Gasteiger partial charge is 0.137 e. The van der Waals surface area contributed by atoms with Crippen LogP contribution in [0.2, 0.25) is 0 Å². The van der Waals surface area contributed by atoms with Crippen LogP contribution in [0.1, 0.15) is 22.7 Å². The lowest BCUT2D eigenvalue weighted by Gasteiger charge is -2.35. The number of ether oxygens (including phenoxy) is 1. The molecule has 0 bridgehead atoms. The van der Waals surface area contributed by atoms with Crippen LogP contribution in [0.15, 0.2) is 48.8 Å². The highest BCUT2D eigenvalue weighted by atomic mass is 16.5. The van der Waals surface area contributed by atoms with Gasteiger partial charge in [-0.25, -0.2) is 9.97 Å². The maximum absolute atomic E-state index is 5.56. The third-order valence-corrected chi connectivity index (χ3v) is 5.20. The Morgan fingerprint density at radius 1 is 1.00 bits per heavy atom. The van der Waals surface area contributed by atoms with Gasteiger partial charge < -0.3 is 10.1 Å². The van der Waals surface area contributed by atoms with Gasteiger partial charge in [0.2, 0.25) is 0 Å². The summed E-state index contributed by atoms with van der Waals surface area (Å²) in [6, 6.07) is 15.4. The fraction of sp³-hybridized carbons (Fsp3) is 0.364. The standard InChI is InChI=1S/C22H26N4O/c1-16-3-6-18(7-4-16)21(26-9-11-27-12-10-26)14-23-22-19-13-17(2)5-8-20(19)24-15-25-22/h3-8,13,15,21H,9-12,14H2,1-2H3,(H,23,24,25). The van der Waals surface area contributed by atoms with Gasteiger partial charge in [-0.3, -0.25) is 4.90 Å². The maximum atomic E-state index is 5.56. The summed E-state index contributed by atoms with van der Waals surface area (Å²) in [5.74, 6) is 0.897. The van der Waals surface area contributed by atoms with Crippen molar-refractivity contribution in [2.75, 3.05) is 38.2 Å². The third kappa shape index (κ3) is 4.10. The number of hydrogen-bond acceptors (Lipinski definition) is 5. The van der Waals surface area contributed by atoms with E-state index in [9.17, 15) is 0 Å². The second kappa shape index (κ2) is 8.03. The molecule has 3 aromatic rings. The molecule has 1 fully saturated rings. The van der Waals surface area contributed by atoms with Crippen molar-refractivity contribution in [2.24, 2.45) is 0 Å². The van der Waals surface area contributed by atoms with Gasteiger partial charge in [-0.2, -0.15) is 0 Å². The normalized spacial score (nSPS) is 16.4. The predicted octanol–water partition coefficient (Wildman–Crippen LogP) is 3.73. The Bertz CT molecular complexity index is 904. The molecule has 0 saturated carbocycles. The zero-order valence-corrected chi connectivity index (χ0v) is 16.0. The van der Waals surface area contributed by atoms with Crippen LogP contribution in [0.25, 0.3) is 10.9 Å². The van der Waals surface area contributed by atoms with Gasteiger partial charge in [-0.1, -0.05) is 41.5 Å². The molecule has 0 radical (unpaired) electrons. The second-order valence-electron chi connectivity index (χ2n) is 7.20. The molecule has 4 rings (SSSR count). The Hall–Kier alpha value is -2.50. The molecule has 1 unspecified atom stereocenters. The van der Waals surface area contributed by atoms with E-state index in [1.807, 2.05) is 0 Å². The molecule has 5 heteroatoms. The largest absolute Gasteiger partial charge is 0.379 e. The number of aromatic nitrogens is 2. The number of nitrogens with zero attached hydrogens (tertiary/aromatic N) is 3. The molecule has 1 atom stereocenters. The van der Waals surface area contributed by atoms with Gasteiger partial charge in [-0.05, 0) is 31.5 Å². The van der Waals surface area contributed by atoms with Crippen molar-refractivity contribution in [1.29, 1.82) is 0 Å². The van der Waals surface area contributed by atoms with Gasteiger partial charge >= 0.3 is 0 Å². The number of aryl methyl sites for hydroxylation is 2. The Morgan fingerprint density at radius 2 is 1.74 bits per heavy atom. The lowest BCUT2D eigenvalue weighted by Crippen LogP contribution is -2.41. The predicted molar refractivity (Wildman–Crippen MR) is 109 cm³/mol. The van der Waals surface area contributed by atoms with Gasteiger partial charge in [0.15, 0.2) is 0 Å². The van der Waals surface area contributed by atoms with Crippen LogP contribution in [-0.4, -0.2) is 47.7 Å². The molecule has 2 heterocycles. The van der Waals surface area contributed by atoms with Crippen molar-refractivity contribution >= 4 is 16.7 Å². The molecule has 2 aromatic carbocycles. The summed E-state index contributed by atoms with van der Waals surface area (Å²) >= 11 is 0. The molecule has 5 nitrogen and oxygen atoms in total. The fourth-order valence-electron chi connectivity index (χ4n) is 3.64. The van der Waals surface area contributed by atoms with Crippen molar-refractivity contribution in [3.8, 4) is 0 Å². The number of morpholine rings is 1. The van der Waals surface area contributed by atoms with Crippen molar-refractivity contribution in [2.45, 2.75) is 19.9 Å². The second-order valence-corrected chi connectivity index (χ2v) is 7.20. The number of benzene rings is 2. The average molecular weight is 362 g/mol. The minimum absolute atomic E-state index is 0.282. The Labute approximate surface area is 160 Å². The molecular formula is C22H26N4O. The first kappa shape index (κ1) is 17.9. The van der Waals surface area contributed by atoms with Crippen molar-refractivity contribution in [3.63, 3.8) is 0 Å². The van der Waals surface area contributed by atoms with Gasteiger partial charge in [0.25, 0.3) is 0 Å². The lowest BCUT2D eigenvalue weighted by molar-refractivity contribution is 0.0187. The molecule has 0 spiro atoms. The molecule has 1 N–H and O–H groups in total. The van der Waals surface area contributed by atoms with E-state index in [2.05, 4.69) is 76.5 Å². The van der Waals surface area contributed by atoms with Crippen LogP contribution in [0.5, 0.6) is 0 Å². The summed E-state index contributed by atoms with van der Waals surface area (Å²) in [4.78, 5) is 11.4. The van der Waals surface area contributed by atoms with Crippen LogP contribution >= 0.6 is 0 Å². The van der Waals surface area contributed by atoms with Crippen LogP contribution in [0.4, 0.5) is 5.82 Å². The molecule has 27 heavy (non-hydrogen) atoms. The molecule has 1 aromatic heterocycles. The lowest BCUT2D eigenvalue weighted by atomic mass is 10.0. The van der Waals surface area contributed by atoms with Crippen LogP contribution < -0.4 is 5.32 Å². The van der Waals surface area contributed by atoms with E-state index in [0.717, 1.165) is 49.6 Å². The van der Waals surface area contributed by atoms with Gasteiger partial charge in [0.1, 0.15) is 12.1 Å². The van der Waals surface area contributed by atoms with E-state index in [-0.39, 0.29) is 6.04 Å². The fourth-order valence-corrected chi connectivity index (χ4v) is 3.64. The molecule has 0 amide bonds. The Balaban J connectivity index is 1.60. The first-order valence-electron chi connectivity index (χ1n) is 9.54. The van der Waals surface area contributed by atoms with Crippen LogP contribution in [-0.2, 0) is 4.74 Å². The Kier molecular flexibility index (Phi) is 5.32. The number of nitrogens with one attached hydrogen (secondary N) is 1. The van der Waals surface area contributed by atoms with Crippen molar-refractivity contribution < 1.29 is 4.74 Å². The summed E-state index contributed by atoms with van der Waals surface area (Å²) in [5.41, 5.74) is 4.79. The van der Waals surface area contributed by atoms with Gasteiger partial charge in [0.05, 0.1) is 24.8 Å². The number of fused-ring (bicyclic) bond motifs is 1. The highest BCUT2D eigenvalue weighted by Crippen LogP contribution is 2.25. The quantitative estimate of drug-likeness (QED) is 0.749. The topological polar surface area (TPSA) is 50.3 Å². The maximum Gasteiger partial charge on any atom is 0.137 e. The number of rotatable bonds is 5. The minimum Gasteiger partial charge on any atom is -0.379 e. The van der Waals surface area contributed by atoms with E-state index >= 15 is 0 Å². The third-order valence-electron chi connectivity index (χ3n) is 5.20.